The summed E-state index contributed by atoms with van der Waals surface area (Å²) in [6.07, 6.45) is 4.42. The highest BCUT2D eigenvalue weighted by Crippen LogP contribution is 2.42. The minimum absolute atomic E-state index is 0.377. The summed E-state index contributed by atoms with van der Waals surface area (Å²) in [7, 11) is 0. The molecule has 0 amide bonds. The van der Waals surface area contributed by atoms with Gasteiger partial charge in [0.1, 0.15) is 6.61 Å². The summed E-state index contributed by atoms with van der Waals surface area (Å²) in [6, 6.07) is 14.2. The first-order chi connectivity index (χ1) is 9.33. The Balaban J connectivity index is 1.66. The maximum atomic E-state index is 5.74. The van der Waals surface area contributed by atoms with Crippen molar-refractivity contribution < 1.29 is 4.74 Å². The third kappa shape index (κ3) is 3.14. The molecular formula is C17H18NO. The third-order valence-corrected chi connectivity index (χ3v) is 3.61. The van der Waals surface area contributed by atoms with Crippen LogP contribution in [0.1, 0.15) is 29.9 Å². The molecule has 19 heavy (non-hydrogen) atoms. The quantitative estimate of drug-likeness (QED) is 0.802. The van der Waals surface area contributed by atoms with Crippen LogP contribution in [-0.2, 0) is 6.61 Å². The zero-order valence-corrected chi connectivity index (χ0v) is 11.0. The molecule has 1 aromatic carbocycles. The van der Waals surface area contributed by atoms with Crippen molar-refractivity contribution in [2.75, 3.05) is 0 Å². The number of hydrogen-bond donors (Lipinski definition) is 0. The Morgan fingerprint density at radius 3 is 2.74 bits per heavy atom. The molecular weight excluding hydrogens is 234 g/mol. The lowest BCUT2D eigenvalue weighted by Gasteiger charge is -2.12. The molecule has 1 radical (unpaired) electrons. The van der Waals surface area contributed by atoms with E-state index in [2.05, 4.69) is 24.0 Å². The Labute approximate surface area is 114 Å². The van der Waals surface area contributed by atoms with Crippen LogP contribution in [0.2, 0.25) is 0 Å². The molecule has 0 unspecified atom stereocenters. The van der Waals surface area contributed by atoms with Gasteiger partial charge in [-0.05, 0) is 48.8 Å². The lowest BCUT2D eigenvalue weighted by atomic mass is 9.97. The van der Waals surface area contributed by atoms with Crippen LogP contribution < -0.4 is 4.74 Å². The number of hydrogen-bond acceptors (Lipinski definition) is 2. The second-order valence-electron chi connectivity index (χ2n) is 5.15. The maximum Gasteiger partial charge on any atom is 0.213 e. The molecule has 0 N–H and O–H groups in total. The Bertz CT molecular complexity index is 534. The first-order valence-corrected chi connectivity index (χ1v) is 6.78. The normalized spacial score (nSPS) is 16.1. The molecule has 0 bridgehead atoms. The standard InChI is InChI=1S/C17H18NO/c1-13(15-7-8-15)16-9-10-18-17(11-16)19-12-14-5-3-2-4-6-14/h2-6,9-11,13,15H,1,7-8,12H2/t13-/m0/s1. The van der Waals surface area contributed by atoms with Crippen molar-refractivity contribution in [2.24, 2.45) is 5.92 Å². The van der Waals surface area contributed by atoms with Crippen LogP contribution in [0.3, 0.4) is 0 Å². The van der Waals surface area contributed by atoms with Gasteiger partial charge in [0.25, 0.3) is 0 Å². The first kappa shape index (κ1) is 12.2. The van der Waals surface area contributed by atoms with Crippen LogP contribution in [0.15, 0.2) is 48.7 Å². The second-order valence-corrected chi connectivity index (χ2v) is 5.15. The first-order valence-electron chi connectivity index (χ1n) is 6.78. The summed E-state index contributed by atoms with van der Waals surface area (Å²) >= 11 is 0. The molecule has 2 aromatic rings. The number of ether oxygens (including phenoxy) is 1. The molecule has 1 atom stereocenters. The van der Waals surface area contributed by atoms with E-state index in [1.54, 1.807) is 0 Å². The smallest absolute Gasteiger partial charge is 0.213 e. The Morgan fingerprint density at radius 1 is 1.21 bits per heavy atom. The van der Waals surface area contributed by atoms with Gasteiger partial charge < -0.3 is 4.74 Å². The average Bonchev–Trinajstić information content (AvgIpc) is 3.30. The SMILES string of the molecule is [CH2][C@H](c1ccnc(OCc2ccccc2)c1)C1CC1. The highest BCUT2D eigenvalue weighted by Gasteiger charge is 2.29. The van der Waals surface area contributed by atoms with Gasteiger partial charge in [-0.25, -0.2) is 4.98 Å². The van der Waals surface area contributed by atoms with E-state index in [0.717, 1.165) is 11.5 Å². The summed E-state index contributed by atoms with van der Waals surface area (Å²) < 4.78 is 5.74. The van der Waals surface area contributed by atoms with Crippen LogP contribution in [-0.4, -0.2) is 4.98 Å². The van der Waals surface area contributed by atoms with E-state index < -0.39 is 0 Å². The molecule has 3 rings (SSSR count). The van der Waals surface area contributed by atoms with Gasteiger partial charge in [0.05, 0.1) is 0 Å². The fraction of sp³-hybridized carbons (Fsp3) is 0.294. The fourth-order valence-electron chi connectivity index (χ4n) is 2.24. The molecule has 1 aliphatic rings. The average molecular weight is 252 g/mol. The number of pyridine rings is 1. The van der Waals surface area contributed by atoms with Crippen molar-refractivity contribution in [2.45, 2.75) is 25.4 Å². The molecule has 2 heteroatoms. The molecule has 1 aromatic heterocycles. The van der Waals surface area contributed by atoms with E-state index in [4.69, 9.17) is 4.74 Å². The lowest BCUT2D eigenvalue weighted by Crippen LogP contribution is -2.00. The van der Waals surface area contributed by atoms with E-state index in [9.17, 15) is 0 Å². The van der Waals surface area contributed by atoms with Crippen molar-refractivity contribution in [3.63, 3.8) is 0 Å². The predicted molar refractivity (Wildman–Crippen MR) is 75.8 cm³/mol. The molecule has 0 aliphatic heterocycles. The summed E-state index contributed by atoms with van der Waals surface area (Å²) in [6.45, 7) is 4.80. The highest BCUT2D eigenvalue weighted by atomic mass is 16.5. The van der Waals surface area contributed by atoms with E-state index in [-0.39, 0.29) is 0 Å². The zero-order chi connectivity index (χ0) is 13.1. The summed E-state index contributed by atoms with van der Waals surface area (Å²) in [5.41, 5.74) is 2.39. The molecule has 0 spiro atoms. The van der Waals surface area contributed by atoms with Gasteiger partial charge in [0.15, 0.2) is 0 Å². The number of benzene rings is 1. The minimum Gasteiger partial charge on any atom is -0.473 e. The topological polar surface area (TPSA) is 22.1 Å². The van der Waals surface area contributed by atoms with Crippen molar-refractivity contribution in [1.29, 1.82) is 0 Å². The van der Waals surface area contributed by atoms with Crippen molar-refractivity contribution >= 4 is 0 Å². The van der Waals surface area contributed by atoms with Crippen molar-refractivity contribution in [3.8, 4) is 5.88 Å². The van der Waals surface area contributed by atoms with Gasteiger partial charge >= 0.3 is 0 Å². The van der Waals surface area contributed by atoms with Crippen molar-refractivity contribution in [3.05, 3.63) is 66.7 Å². The zero-order valence-electron chi connectivity index (χ0n) is 11.0. The number of rotatable bonds is 5. The summed E-state index contributed by atoms with van der Waals surface area (Å²) in [5, 5.41) is 0. The molecule has 97 valence electrons. The van der Waals surface area contributed by atoms with Crippen LogP contribution in [0.4, 0.5) is 0 Å². The van der Waals surface area contributed by atoms with Crippen LogP contribution in [0, 0.1) is 12.8 Å². The molecule has 2 nitrogen and oxygen atoms in total. The molecule has 1 saturated carbocycles. The van der Waals surface area contributed by atoms with Gasteiger partial charge in [-0.15, -0.1) is 0 Å². The van der Waals surface area contributed by atoms with Gasteiger partial charge in [0, 0.05) is 12.3 Å². The lowest BCUT2D eigenvalue weighted by molar-refractivity contribution is 0.293. The highest BCUT2D eigenvalue weighted by molar-refractivity contribution is 5.27. The molecule has 1 aliphatic carbocycles. The Kier molecular flexibility index (Phi) is 3.49. The molecule has 1 fully saturated rings. The second kappa shape index (κ2) is 5.43. The van der Waals surface area contributed by atoms with E-state index in [1.165, 1.54) is 18.4 Å². The monoisotopic (exact) mass is 252 g/mol. The maximum absolute atomic E-state index is 5.74. The Morgan fingerprint density at radius 2 is 2.00 bits per heavy atom. The Hall–Kier alpha value is -1.83. The minimum atomic E-state index is 0.377. The third-order valence-electron chi connectivity index (χ3n) is 3.61. The van der Waals surface area contributed by atoms with E-state index in [1.807, 2.05) is 36.5 Å². The fourth-order valence-corrected chi connectivity index (χ4v) is 2.24. The number of aromatic nitrogens is 1. The van der Waals surface area contributed by atoms with Crippen molar-refractivity contribution in [1.82, 2.24) is 4.98 Å². The molecule has 1 heterocycles. The molecule has 0 saturated heterocycles. The largest absolute Gasteiger partial charge is 0.473 e. The van der Waals surface area contributed by atoms with Gasteiger partial charge in [-0.1, -0.05) is 30.3 Å². The van der Waals surface area contributed by atoms with Gasteiger partial charge in [0.2, 0.25) is 5.88 Å². The van der Waals surface area contributed by atoms with E-state index >= 15 is 0 Å². The van der Waals surface area contributed by atoms with Crippen LogP contribution >= 0.6 is 0 Å². The summed E-state index contributed by atoms with van der Waals surface area (Å²) in [5.74, 6) is 1.82. The van der Waals surface area contributed by atoms with Crippen LogP contribution in [0.5, 0.6) is 5.88 Å². The van der Waals surface area contributed by atoms with Gasteiger partial charge in [-0.3, -0.25) is 0 Å². The van der Waals surface area contributed by atoms with Crippen LogP contribution in [0.25, 0.3) is 0 Å². The van der Waals surface area contributed by atoms with Gasteiger partial charge in [-0.2, -0.15) is 0 Å². The van der Waals surface area contributed by atoms with E-state index in [0.29, 0.717) is 18.4 Å². The number of nitrogens with zero attached hydrogens (tertiary/aromatic N) is 1. The summed E-state index contributed by atoms with van der Waals surface area (Å²) in [4.78, 5) is 4.27. The predicted octanol–water partition coefficient (Wildman–Crippen LogP) is 3.99.